The van der Waals surface area contributed by atoms with Gasteiger partial charge < -0.3 is 15.3 Å². The highest BCUT2D eigenvalue weighted by Crippen LogP contribution is 2.38. The van der Waals surface area contributed by atoms with Crippen LogP contribution in [0, 0.1) is 0 Å². The van der Waals surface area contributed by atoms with E-state index in [-0.39, 0.29) is 17.2 Å². The second-order valence-corrected chi connectivity index (χ2v) is 3.91. The second-order valence-electron chi connectivity index (χ2n) is 3.91. The summed E-state index contributed by atoms with van der Waals surface area (Å²) in [5.41, 5.74) is 2.51. The van der Waals surface area contributed by atoms with Crippen LogP contribution in [0.5, 0.6) is 17.2 Å². The van der Waals surface area contributed by atoms with Gasteiger partial charge in [0.05, 0.1) is 0 Å². The smallest absolute Gasteiger partial charge is 0.161 e. The van der Waals surface area contributed by atoms with Gasteiger partial charge in [-0.1, -0.05) is 31.2 Å². The minimum atomic E-state index is -0.323. The quantitative estimate of drug-likeness (QED) is 0.549. The van der Waals surface area contributed by atoms with E-state index in [9.17, 15) is 15.3 Å². The molecule has 17 heavy (non-hydrogen) atoms. The maximum atomic E-state index is 9.72. The topological polar surface area (TPSA) is 60.7 Å². The Bertz CT molecular complexity index is 530. The molecule has 0 fully saturated rings. The molecule has 3 nitrogen and oxygen atoms in total. The molecule has 2 rings (SSSR count). The number of benzene rings is 2. The van der Waals surface area contributed by atoms with Crippen molar-refractivity contribution in [1.82, 2.24) is 0 Å². The van der Waals surface area contributed by atoms with Crippen molar-refractivity contribution >= 4 is 0 Å². The third-order valence-corrected chi connectivity index (χ3v) is 2.77. The van der Waals surface area contributed by atoms with Crippen LogP contribution in [0.3, 0.4) is 0 Å². The summed E-state index contributed by atoms with van der Waals surface area (Å²) < 4.78 is 0. The molecule has 0 aliphatic rings. The van der Waals surface area contributed by atoms with E-state index >= 15 is 0 Å². The number of phenols is 3. The molecule has 0 unspecified atom stereocenters. The van der Waals surface area contributed by atoms with Gasteiger partial charge in [0, 0.05) is 11.6 Å². The summed E-state index contributed by atoms with van der Waals surface area (Å²) in [5, 5.41) is 28.4. The zero-order valence-corrected chi connectivity index (χ0v) is 9.51. The summed E-state index contributed by atoms with van der Waals surface area (Å²) in [6.07, 6.45) is 0.951. The third kappa shape index (κ3) is 2.18. The Labute approximate surface area is 99.6 Å². The summed E-state index contributed by atoms with van der Waals surface area (Å²) in [6, 6.07) is 10.2. The fraction of sp³-hybridized carbons (Fsp3) is 0.143. The van der Waals surface area contributed by atoms with E-state index in [0.29, 0.717) is 5.56 Å². The van der Waals surface area contributed by atoms with Crippen molar-refractivity contribution in [1.29, 1.82) is 0 Å². The first-order valence-corrected chi connectivity index (χ1v) is 5.46. The number of phenolic OH excluding ortho intramolecular Hbond substituents is 3. The van der Waals surface area contributed by atoms with Gasteiger partial charge in [0.15, 0.2) is 11.5 Å². The molecule has 0 saturated heterocycles. The highest BCUT2D eigenvalue weighted by atomic mass is 16.3. The van der Waals surface area contributed by atoms with E-state index in [2.05, 4.69) is 6.92 Å². The highest BCUT2D eigenvalue weighted by molar-refractivity contribution is 5.73. The minimum Gasteiger partial charge on any atom is -0.507 e. The molecule has 0 aliphatic heterocycles. The molecule has 3 N–H and O–H groups in total. The molecule has 0 aromatic heterocycles. The zero-order valence-electron chi connectivity index (χ0n) is 9.51. The van der Waals surface area contributed by atoms with Gasteiger partial charge in [0.1, 0.15) is 5.75 Å². The van der Waals surface area contributed by atoms with Crippen LogP contribution >= 0.6 is 0 Å². The lowest BCUT2D eigenvalue weighted by atomic mass is 10.0. The van der Waals surface area contributed by atoms with Gasteiger partial charge in [-0.2, -0.15) is 0 Å². The number of aromatic hydroxyl groups is 3. The highest BCUT2D eigenvalue weighted by Gasteiger charge is 2.09. The molecular formula is C14H14O3. The van der Waals surface area contributed by atoms with Crippen LogP contribution in [0.25, 0.3) is 11.1 Å². The molecule has 0 saturated carbocycles. The summed E-state index contributed by atoms with van der Waals surface area (Å²) in [5.74, 6) is -0.613. The van der Waals surface area contributed by atoms with E-state index in [1.807, 2.05) is 24.3 Å². The van der Waals surface area contributed by atoms with E-state index < -0.39 is 0 Å². The summed E-state index contributed by atoms with van der Waals surface area (Å²) in [7, 11) is 0. The van der Waals surface area contributed by atoms with E-state index in [4.69, 9.17) is 0 Å². The SMILES string of the molecule is CCc1ccc(-c2cc(O)c(O)cc2O)cc1. The van der Waals surface area contributed by atoms with E-state index in [1.54, 1.807) is 0 Å². The summed E-state index contributed by atoms with van der Waals surface area (Å²) in [6.45, 7) is 2.07. The third-order valence-electron chi connectivity index (χ3n) is 2.77. The van der Waals surface area contributed by atoms with E-state index in [0.717, 1.165) is 18.1 Å². The molecule has 88 valence electrons. The van der Waals surface area contributed by atoms with Crippen LogP contribution in [-0.4, -0.2) is 15.3 Å². The molecule has 3 heteroatoms. The molecule has 0 radical (unpaired) electrons. The molecule has 2 aromatic carbocycles. The van der Waals surface area contributed by atoms with Gasteiger partial charge >= 0.3 is 0 Å². The normalized spacial score (nSPS) is 10.4. The first kappa shape index (κ1) is 11.3. The maximum Gasteiger partial charge on any atom is 0.161 e. The van der Waals surface area contributed by atoms with Crippen LogP contribution in [0.4, 0.5) is 0 Å². The van der Waals surface area contributed by atoms with Crippen molar-refractivity contribution in [3.63, 3.8) is 0 Å². The van der Waals surface area contributed by atoms with Crippen LogP contribution < -0.4 is 0 Å². The van der Waals surface area contributed by atoms with Gasteiger partial charge in [-0.3, -0.25) is 0 Å². The van der Waals surface area contributed by atoms with Crippen molar-refractivity contribution in [3.8, 4) is 28.4 Å². The number of aryl methyl sites for hydroxylation is 1. The predicted octanol–water partition coefficient (Wildman–Crippen LogP) is 3.03. The van der Waals surface area contributed by atoms with Crippen LogP contribution in [0.15, 0.2) is 36.4 Å². The molecule has 0 amide bonds. The lowest BCUT2D eigenvalue weighted by Gasteiger charge is -2.07. The average Bonchev–Trinajstić information content (AvgIpc) is 2.34. The van der Waals surface area contributed by atoms with Crippen LogP contribution in [0.1, 0.15) is 12.5 Å². The Kier molecular flexibility index (Phi) is 2.91. The Morgan fingerprint density at radius 3 is 2.00 bits per heavy atom. The van der Waals surface area contributed by atoms with Crippen LogP contribution in [-0.2, 0) is 6.42 Å². The van der Waals surface area contributed by atoms with Crippen LogP contribution in [0.2, 0.25) is 0 Å². The first-order valence-electron chi connectivity index (χ1n) is 5.46. The van der Waals surface area contributed by atoms with Crippen molar-refractivity contribution < 1.29 is 15.3 Å². The Hall–Kier alpha value is -2.16. The minimum absolute atomic E-state index is 0.0513. The van der Waals surface area contributed by atoms with Gasteiger partial charge in [-0.15, -0.1) is 0 Å². The standard InChI is InChI=1S/C14H14O3/c1-2-9-3-5-10(6-4-9)11-7-13(16)14(17)8-12(11)15/h3-8,15-17H,2H2,1H3. The Balaban J connectivity index is 2.48. The molecule has 0 bridgehead atoms. The lowest BCUT2D eigenvalue weighted by Crippen LogP contribution is -1.83. The van der Waals surface area contributed by atoms with Gasteiger partial charge in [-0.05, 0) is 23.6 Å². The molecule has 0 atom stereocenters. The Morgan fingerprint density at radius 2 is 1.41 bits per heavy atom. The van der Waals surface area contributed by atoms with Crippen molar-refractivity contribution in [3.05, 3.63) is 42.0 Å². The fourth-order valence-electron chi connectivity index (χ4n) is 1.72. The molecule has 2 aromatic rings. The number of rotatable bonds is 2. The summed E-state index contributed by atoms with van der Waals surface area (Å²) >= 11 is 0. The van der Waals surface area contributed by atoms with Crippen molar-refractivity contribution in [2.24, 2.45) is 0 Å². The van der Waals surface area contributed by atoms with Gasteiger partial charge in [0.25, 0.3) is 0 Å². The predicted molar refractivity (Wildman–Crippen MR) is 66.3 cm³/mol. The molecular weight excluding hydrogens is 216 g/mol. The fourth-order valence-corrected chi connectivity index (χ4v) is 1.72. The van der Waals surface area contributed by atoms with Crippen molar-refractivity contribution in [2.45, 2.75) is 13.3 Å². The zero-order chi connectivity index (χ0) is 12.4. The monoisotopic (exact) mass is 230 g/mol. The number of hydrogen-bond donors (Lipinski definition) is 3. The second kappa shape index (κ2) is 4.37. The number of hydrogen-bond acceptors (Lipinski definition) is 3. The summed E-state index contributed by atoms with van der Waals surface area (Å²) in [4.78, 5) is 0. The Morgan fingerprint density at radius 1 is 0.824 bits per heavy atom. The molecule has 0 aliphatic carbocycles. The largest absolute Gasteiger partial charge is 0.507 e. The molecule has 0 heterocycles. The van der Waals surface area contributed by atoms with Gasteiger partial charge in [0.2, 0.25) is 0 Å². The van der Waals surface area contributed by atoms with Gasteiger partial charge in [-0.25, -0.2) is 0 Å². The molecule has 0 spiro atoms. The first-order chi connectivity index (χ1) is 8.11. The lowest BCUT2D eigenvalue weighted by molar-refractivity contribution is 0.397. The average molecular weight is 230 g/mol. The maximum absolute atomic E-state index is 9.72. The van der Waals surface area contributed by atoms with Crippen molar-refractivity contribution in [2.75, 3.05) is 0 Å². The van der Waals surface area contributed by atoms with E-state index in [1.165, 1.54) is 11.6 Å².